The molecule has 0 heterocycles. The average Bonchev–Trinajstić information content (AvgIpc) is 2.92. The van der Waals surface area contributed by atoms with Gasteiger partial charge in [-0.25, -0.2) is 0 Å². The molecule has 0 aliphatic rings. The van der Waals surface area contributed by atoms with E-state index in [1.165, 1.54) is 38.3 Å². The summed E-state index contributed by atoms with van der Waals surface area (Å²) in [4.78, 5) is 74.3. The molecule has 14 heteroatoms. The predicted octanol–water partition coefficient (Wildman–Crippen LogP) is 2.56. The number of carbonyl (C=O) groups excluding carboxylic acids is 5. The fourth-order valence-electron chi connectivity index (χ4n) is 4.06. The predicted molar refractivity (Wildman–Crippen MR) is 146 cm³/mol. The first-order chi connectivity index (χ1) is 20.0. The molecule has 3 amide bonds. The highest BCUT2D eigenvalue weighted by molar-refractivity contribution is 6.01. The van der Waals surface area contributed by atoms with Crippen LogP contribution in [0.2, 0.25) is 0 Å². The maximum absolute atomic E-state index is 13.3. The van der Waals surface area contributed by atoms with Gasteiger partial charge in [0.25, 0.3) is 5.91 Å². The lowest BCUT2D eigenvalue weighted by molar-refractivity contribution is -0.140. The molecular formula is C29H32F3N3O8. The number of halogens is 3. The summed E-state index contributed by atoms with van der Waals surface area (Å²) in [6, 6.07) is 5.54. The minimum absolute atomic E-state index is 0.237. The van der Waals surface area contributed by atoms with Crippen molar-refractivity contribution in [3.63, 3.8) is 0 Å². The van der Waals surface area contributed by atoms with Crippen LogP contribution in [0.15, 0.2) is 42.5 Å². The second kappa shape index (κ2) is 14.9. The van der Waals surface area contributed by atoms with Gasteiger partial charge < -0.3 is 25.8 Å². The van der Waals surface area contributed by atoms with Gasteiger partial charge in [0.1, 0.15) is 11.8 Å². The highest BCUT2D eigenvalue weighted by Gasteiger charge is 2.35. The van der Waals surface area contributed by atoms with E-state index in [0.717, 1.165) is 12.1 Å². The van der Waals surface area contributed by atoms with Crippen molar-refractivity contribution < 1.29 is 51.8 Å². The van der Waals surface area contributed by atoms with E-state index in [2.05, 4.69) is 10.6 Å². The minimum atomic E-state index is -4.84. The standard InChI is InChI=1S/C29H32F3N3O8/c1-15(2)26(35-24(38)12-18-11-17(16(3)36)9-10-23(18)43-4)28(42)34-21(13-25(39)40)22(37)14-33-27(41)19-7-5-6-8-20(19)29(30,31)32/h5-11,15,21,26H,12-14H2,1-4H3,(H,33,41)(H,34,42)(H,35,38)(H,39,40)/t21-,26-/m0/s1. The summed E-state index contributed by atoms with van der Waals surface area (Å²) in [6.45, 7) is 3.66. The fourth-order valence-corrected chi connectivity index (χ4v) is 4.06. The fraction of sp³-hybridized carbons (Fsp3) is 0.379. The van der Waals surface area contributed by atoms with E-state index >= 15 is 0 Å². The van der Waals surface area contributed by atoms with Crippen LogP contribution in [-0.2, 0) is 31.8 Å². The van der Waals surface area contributed by atoms with Gasteiger partial charge in [0.15, 0.2) is 11.6 Å². The molecule has 4 N–H and O–H groups in total. The molecule has 2 atom stereocenters. The molecule has 232 valence electrons. The molecule has 0 radical (unpaired) electrons. The van der Waals surface area contributed by atoms with Crippen molar-refractivity contribution in [3.05, 3.63) is 64.7 Å². The zero-order valence-corrected chi connectivity index (χ0v) is 23.8. The number of alkyl halides is 3. The van der Waals surface area contributed by atoms with Crippen molar-refractivity contribution in [1.29, 1.82) is 0 Å². The van der Waals surface area contributed by atoms with Gasteiger partial charge in [-0.05, 0) is 43.2 Å². The van der Waals surface area contributed by atoms with Crippen molar-refractivity contribution in [3.8, 4) is 5.75 Å². The normalized spacial score (nSPS) is 12.6. The van der Waals surface area contributed by atoms with Crippen LogP contribution in [0.25, 0.3) is 0 Å². The summed E-state index contributed by atoms with van der Waals surface area (Å²) in [5.41, 5.74) is -1.26. The van der Waals surface area contributed by atoms with Crippen molar-refractivity contribution >= 4 is 35.3 Å². The third-order valence-corrected chi connectivity index (χ3v) is 6.29. The van der Waals surface area contributed by atoms with E-state index < -0.39 is 77.7 Å². The molecule has 0 aliphatic heterocycles. The molecule has 2 aromatic carbocycles. The Bertz CT molecular complexity index is 1390. The van der Waals surface area contributed by atoms with Crippen LogP contribution in [0.4, 0.5) is 13.2 Å². The SMILES string of the molecule is COc1ccc(C(C)=O)cc1CC(=O)N[C@H](C(=O)N[C@@H](CC(=O)O)C(=O)CNC(=O)c1ccccc1C(F)(F)F)C(C)C. The van der Waals surface area contributed by atoms with E-state index in [0.29, 0.717) is 22.9 Å². The molecule has 2 rings (SSSR count). The topological polar surface area (TPSA) is 168 Å². The Morgan fingerprint density at radius 2 is 1.63 bits per heavy atom. The number of carbonyl (C=O) groups is 6. The van der Waals surface area contributed by atoms with Crippen molar-refractivity contribution in [1.82, 2.24) is 16.0 Å². The molecule has 43 heavy (non-hydrogen) atoms. The van der Waals surface area contributed by atoms with Gasteiger partial charge in [0, 0.05) is 11.1 Å². The maximum atomic E-state index is 13.3. The number of amides is 3. The molecular weight excluding hydrogens is 575 g/mol. The number of Topliss-reactive ketones (excluding diaryl/α,β-unsaturated/α-hetero) is 2. The molecule has 0 saturated heterocycles. The number of ketones is 2. The zero-order valence-electron chi connectivity index (χ0n) is 23.8. The number of nitrogens with one attached hydrogen (secondary N) is 3. The summed E-state index contributed by atoms with van der Waals surface area (Å²) in [7, 11) is 1.38. The smallest absolute Gasteiger partial charge is 0.417 e. The number of ether oxygens (including phenoxy) is 1. The Morgan fingerprint density at radius 3 is 2.19 bits per heavy atom. The van der Waals surface area contributed by atoms with Crippen LogP contribution >= 0.6 is 0 Å². The number of methoxy groups -OCH3 is 1. The zero-order chi connectivity index (χ0) is 32.5. The third kappa shape index (κ3) is 9.94. The van der Waals surface area contributed by atoms with Gasteiger partial charge >= 0.3 is 12.1 Å². The first kappa shape index (κ1) is 34.5. The molecule has 0 fully saturated rings. The lowest BCUT2D eigenvalue weighted by Gasteiger charge is -2.25. The first-order valence-corrected chi connectivity index (χ1v) is 13.0. The maximum Gasteiger partial charge on any atom is 0.417 e. The third-order valence-electron chi connectivity index (χ3n) is 6.29. The summed E-state index contributed by atoms with van der Waals surface area (Å²) in [6.07, 6.45) is -6.01. The lowest BCUT2D eigenvalue weighted by atomic mass is 10.00. The molecule has 0 aromatic heterocycles. The number of carboxylic acids is 1. The van der Waals surface area contributed by atoms with Crippen LogP contribution in [0, 0.1) is 5.92 Å². The van der Waals surface area contributed by atoms with Crippen molar-refractivity contribution in [2.24, 2.45) is 5.92 Å². The number of rotatable bonds is 14. The highest BCUT2D eigenvalue weighted by atomic mass is 19.4. The first-order valence-electron chi connectivity index (χ1n) is 13.0. The highest BCUT2D eigenvalue weighted by Crippen LogP contribution is 2.31. The van der Waals surface area contributed by atoms with Gasteiger partial charge in [-0.2, -0.15) is 13.2 Å². The summed E-state index contributed by atoms with van der Waals surface area (Å²) in [5, 5.41) is 16.1. The quantitative estimate of drug-likeness (QED) is 0.238. The monoisotopic (exact) mass is 607 g/mol. The van der Waals surface area contributed by atoms with Crippen molar-refractivity contribution in [2.45, 2.75) is 51.9 Å². The van der Waals surface area contributed by atoms with Crippen molar-refractivity contribution in [2.75, 3.05) is 13.7 Å². The van der Waals surface area contributed by atoms with Crippen LogP contribution in [-0.4, -0.2) is 66.1 Å². The van der Waals surface area contributed by atoms with E-state index in [9.17, 15) is 47.0 Å². The number of hydrogen-bond donors (Lipinski definition) is 4. The van der Waals surface area contributed by atoms with Crippen LogP contribution in [0.5, 0.6) is 5.75 Å². The second-order valence-electron chi connectivity index (χ2n) is 9.90. The molecule has 11 nitrogen and oxygen atoms in total. The Kier molecular flexibility index (Phi) is 12.0. The Labute approximate surface area is 245 Å². The summed E-state index contributed by atoms with van der Waals surface area (Å²) >= 11 is 0. The van der Waals surface area contributed by atoms with E-state index in [4.69, 9.17) is 4.74 Å². The average molecular weight is 608 g/mol. The van der Waals surface area contributed by atoms with Crippen LogP contribution < -0.4 is 20.7 Å². The van der Waals surface area contributed by atoms with Gasteiger partial charge in [0.2, 0.25) is 11.8 Å². The summed E-state index contributed by atoms with van der Waals surface area (Å²) in [5.74, 6) is -5.67. The molecule has 0 aliphatic carbocycles. The number of hydrogen-bond acceptors (Lipinski definition) is 7. The second-order valence-corrected chi connectivity index (χ2v) is 9.90. The Balaban J connectivity index is 2.15. The number of benzene rings is 2. The number of carboxylic acid groups (broad SMARTS) is 1. The molecule has 0 unspecified atom stereocenters. The molecule has 0 bridgehead atoms. The van der Waals surface area contributed by atoms with Crippen LogP contribution in [0.1, 0.15) is 59.0 Å². The molecule has 0 spiro atoms. The molecule has 0 saturated carbocycles. The van der Waals surface area contributed by atoms with Gasteiger partial charge in [-0.15, -0.1) is 0 Å². The molecule has 2 aromatic rings. The summed E-state index contributed by atoms with van der Waals surface area (Å²) < 4.78 is 45.0. The van der Waals surface area contributed by atoms with Gasteiger partial charge in [-0.3, -0.25) is 28.8 Å². The van der Waals surface area contributed by atoms with E-state index in [1.54, 1.807) is 13.8 Å². The number of aliphatic carboxylic acids is 1. The Morgan fingerprint density at radius 1 is 0.977 bits per heavy atom. The van der Waals surface area contributed by atoms with E-state index in [-0.39, 0.29) is 12.2 Å². The van der Waals surface area contributed by atoms with Gasteiger partial charge in [0.05, 0.1) is 43.7 Å². The minimum Gasteiger partial charge on any atom is -0.496 e. The largest absolute Gasteiger partial charge is 0.496 e. The lowest BCUT2D eigenvalue weighted by Crippen LogP contribution is -2.55. The van der Waals surface area contributed by atoms with Crippen LogP contribution in [0.3, 0.4) is 0 Å². The van der Waals surface area contributed by atoms with Gasteiger partial charge in [-0.1, -0.05) is 26.0 Å². The Hall–Kier alpha value is -4.75. The van der Waals surface area contributed by atoms with E-state index in [1.807, 2.05) is 5.32 Å².